The number of hydrogen-bond donors (Lipinski definition) is 3. The van der Waals surface area contributed by atoms with Crippen LogP contribution >= 0.6 is 11.6 Å². The van der Waals surface area contributed by atoms with Gasteiger partial charge in [0.1, 0.15) is 17.5 Å². The van der Waals surface area contributed by atoms with Gasteiger partial charge >= 0.3 is 0 Å². The predicted octanol–water partition coefficient (Wildman–Crippen LogP) is 2.69. The molecule has 4 rings (SSSR count). The van der Waals surface area contributed by atoms with Gasteiger partial charge in [-0.05, 0) is 54.1 Å². The highest BCUT2D eigenvalue weighted by molar-refractivity contribution is 7.89. The van der Waals surface area contributed by atoms with Gasteiger partial charge in [0.15, 0.2) is 6.35 Å². The second-order valence-corrected chi connectivity index (χ2v) is 9.82. The van der Waals surface area contributed by atoms with Gasteiger partial charge in [0.2, 0.25) is 15.9 Å². The van der Waals surface area contributed by atoms with Crippen molar-refractivity contribution in [3.63, 3.8) is 0 Å². The Bertz CT molecular complexity index is 1210. The third-order valence-electron chi connectivity index (χ3n) is 5.05. The van der Waals surface area contributed by atoms with Crippen LogP contribution in [0.15, 0.2) is 83.8 Å². The standard InChI is InChI=1S/C23H22ClN3O5S/c24-17-6-8-18(9-7-17)32-19-10-12-20(13-11-19)33(30,31)27(14-16-4-2-1-3-5-16)15-21-22(28)26-23(29)25-21/h1-13,21,23,25,29H,14-15H2,(H,26,28)/t21-,23?/m0/s1. The van der Waals surface area contributed by atoms with E-state index in [1.165, 1.54) is 16.4 Å². The van der Waals surface area contributed by atoms with Gasteiger partial charge in [0, 0.05) is 18.1 Å². The Hall–Kier alpha value is -2.95. The summed E-state index contributed by atoms with van der Waals surface area (Å²) in [7, 11) is -3.96. The average Bonchev–Trinajstić information content (AvgIpc) is 3.12. The van der Waals surface area contributed by atoms with Gasteiger partial charge < -0.3 is 15.2 Å². The molecule has 3 N–H and O–H groups in total. The fourth-order valence-electron chi connectivity index (χ4n) is 3.38. The van der Waals surface area contributed by atoms with Crippen LogP contribution in [0, 0.1) is 0 Å². The number of aliphatic hydroxyl groups is 1. The van der Waals surface area contributed by atoms with Crippen molar-refractivity contribution in [3.05, 3.63) is 89.4 Å². The number of sulfonamides is 1. The molecule has 3 aromatic carbocycles. The smallest absolute Gasteiger partial charge is 0.243 e. The van der Waals surface area contributed by atoms with E-state index in [0.717, 1.165) is 5.56 Å². The van der Waals surface area contributed by atoms with Gasteiger partial charge in [-0.15, -0.1) is 0 Å². The van der Waals surface area contributed by atoms with Gasteiger partial charge in [-0.2, -0.15) is 4.31 Å². The highest BCUT2D eigenvalue weighted by atomic mass is 35.5. The van der Waals surface area contributed by atoms with E-state index >= 15 is 0 Å². The summed E-state index contributed by atoms with van der Waals surface area (Å²) in [4.78, 5) is 12.2. The Morgan fingerprint density at radius 3 is 2.12 bits per heavy atom. The van der Waals surface area contributed by atoms with Crippen LogP contribution in [0.3, 0.4) is 0 Å². The Balaban J connectivity index is 1.56. The first-order valence-electron chi connectivity index (χ1n) is 10.1. The molecule has 0 spiro atoms. The lowest BCUT2D eigenvalue weighted by Gasteiger charge is -2.24. The zero-order chi connectivity index (χ0) is 23.4. The minimum atomic E-state index is -3.96. The molecule has 8 nitrogen and oxygen atoms in total. The molecule has 2 atom stereocenters. The highest BCUT2D eigenvalue weighted by Crippen LogP contribution is 2.26. The maximum absolute atomic E-state index is 13.5. The summed E-state index contributed by atoms with van der Waals surface area (Å²) in [6.07, 6.45) is -1.21. The van der Waals surface area contributed by atoms with Gasteiger partial charge in [-0.3, -0.25) is 10.1 Å². The molecule has 3 aromatic rings. The van der Waals surface area contributed by atoms with Crippen molar-refractivity contribution < 1.29 is 23.1 Å². The minimum Gasteiger partial charge on any atom is -0.457 e. The number of ether oxygens (including phenoxy) is 1. The summed E-state index contributed by atoms with van der Waals surface area (Å²) < 4.78 is 33.9. The van der Waals surface area contributed by atoms with E-state index in [4.69, 9.17) is 16.3 Å². The molecule has 1 amide bonds. The normalized spacial score (nSPS) is 18.3. The first kappa shape index (κ1) is 23.2. The van der Waals surface area contributed by atoms with E-state index < -0.39 is 28.3 Å². The Labute approximate surface area is 196 Å². The van der Waals surface area contributed by atoms with Gasteiger partial charge in [-0.1, -0.05) is 41.9 Å². The summed E-state index contributed by atoms with van der Waals surface area (Å²) in [5.74, 6) is 0.561. The third kappa shape index (κ3) is 5.70. The number of rotatable bonds is 8. The Morgan fingerprint density at radius 1 is 0.939 bits per heavy atom. The minimum absolute atomic E-state index is 0.0563. The summed E-state index contributed by atoms with van der Waals surface area (Å²) >= 11 is 5.88. The molecule has 0 saturated carbocycles. The predicted molar refractivity (Wildman–Crippen MR) is 123 cm³/mol. The highest BCUT2D eigenvalue weighted by Gasteiger charge is 2.35. The molecule has 1 fully saturated rings. The number of hydrogen-bond acceptors (Lipinski definition) is 6. The molecule has 1 saturated heterocycles. The quantitative estimate of drug-likeness (QED) is 0.451. The number of halogens is 1. The van der Waals surface area contributed by atoms with Crippen molar-refractivity contribution in [2.24, 2.45) is 0 Å². The van der Waals surface area contributed by atoms with Gasteiger partial charge in [0.05, 0.1) is 4.90 Å². The summed E-state index contributed by atoms with van der Waals surface area (Å²) in [5, 5.41) is 15.2. The Kier molecular flexibility index (Phi) is 6.96. The molecule has 1 aliphatic rings. The zero-order valence-corrected chi connectivity index (χ0v) is 19.0. The van der Waals surface area contributed by atoms with Crippen molar-refractivity contribution in [1.29, 1.82) is 0 Å². The SMILES string of the molecule is O=C1NC(O)N[C@H]1CN(Cc1ccccc1)S(=O)(=O)c1ccc(Oc2ccc(Cl)cc2)cc1. The van der Waals surface area contributed by atoms with Crippen molar-refractivity contribution in [2.45, 2.75) is 23.8 Å². The lowest BCUT2D eigenvalue weighted by molar-refractivity contribution is -0.121. The third-order valence-corrected chi connectivity index (χ3v) is 7.13. The number of benzene rings is 3. The van der Waals surface area contributed by atoms with Crippen LogP contribution < -0.4 is 15.4 Å². The van der Waals surface area contributed by atoms with Crippen LogP contribution in [0.4, 0.5) is 0 Å². The van der Waals surface area contributed by atoms with Crippen LogP contribution in [-0.2, 0) is 21.4 Å². The van der Waals surface area contributed by atoms with E-state index in [0.29, 0.717) is 16.5 Å². The van der Waals surface area contributed by atoms with E-state index in [2.05, 4.69) is 10.6 Å². The van der Waals surface area contributed by atoms with Crippen molar-refractivity contribution >= 4 is 27.5 Å². The van der Waals surface area contributed by atoms with Crippen LogP contribution in [0.5, 0.6) is 11.5 Å². The number of carbonyl (C=O) groups excluding carboxylic acids is 1. The van der Waals surface area contributed by atoms with Gasteiger partial charge in [-0.25, -0.2) is 8.42 Å². The molecule has 0 aromatic heterocycles. The second kappa shape index (κ2) is 9.90. The first-order valence-corrected chi connectivity index (χ1v) is 11.9. The lowest BCUT2D eigenvalue weighted by Crippen LogP contribution is -2.44. The zero-order valence-electron chi connectivity index (χ0n) is 17.4. The van der Waals surface area contributed by atoms with Crippen LogP contribution in [0.2, 0.25) is 5.02 Å². The van der Waals surface area contributed by atoms with Crippen molar-refractivity contribution in [1.82, 2.24) is 14.9 Å². The summed E-state index contributed by atoms with van der Waals surface area (Å²) in [6, 6.07) is 21.0. The Morgan fingerprint density at radius 2 is 1.55 bits per heavy atom. The van der Waals surface area contributed by atoms with E-state index in [1.807, 2.05) is 30.3 Å². The van der Waals surface area contributed by atoms with Crippen molar-refractivity contribution in [2.75, 3.05) is 6.54 Å². The molecule has 172 valence electrons. The van der Waals surface area contributed by atoms with Crippen LogP contribution in [0.1, 0.15) is 5.56 Å². The topological polar surface area (TPSA) is 108 Å². The fourth-order valence-corrected chi connectivity index (χ4v) is 4.95. The molecular weight excluding hydrogens is 466 g/mol. The fraction of sp³-hybridized carbons (Fsp3) is 0.174. The number of nitrogens with zero attached hydrogens (tertiary/aromatic N) is 1. The maximum atomic E-state index is 13.5. The molecule has 0 radical (unpaired) electrons. The van der Waals surface area contributed by atoms with Crippen LogP contribution in [0.25, 0.3) is 0 Å². The number of aliphatic hydroxyl groups excluding tert-OH is 1. The molecule has 33 heavy (non-hydrogen) atoms. The van der Waals surface area contributed by atoms with E-state index in [9.17, 15) is 18.3 Å². The maximum Gasteiger partial charge on any atom is 0.243 e. The molecular formula is C23H22ClN3O5S. The average molecular weight is 488 g/mol. The molecule has 0 bridgehead atoms. The number of amides is 1. The monoisotopic (exact) mass is 487 g/mol. The largest absolute Gasteiger partial charge is 0.457 e. The first-order chi connectivity index (χ1) is 15.8. The molecule has 1 aliphatic heterocycles. The van der Waals surface area contributed by atoms with E-state index in [-0.39, 0.29) is 18.0 Å². The summed E-state index contributed by atoms with van der Waals surface area (Å²) in [5.41, 5.74) is 0.766. The molecule has 1 unspecified atom stereocenters. The van der Waals surface area contributed by atoms with E-state index in [1.54, 1.807) is 36.4 Å². The molecule has 10 heteroatoms. The van der Waals surface area contributed by atoms with Crippen molar-refractivity contribution in [3.8, 4) is 11.5 Å². The number of carbonyl (C=O) groups is 1. The molecule has 1 heterocycles. The summed E-state index contributed by atoms with van der Waals surface area (Å²) in [6.45, 7) is -0.0864. The lowest BCUT2D eigenvalue weighted by atomic mass is 10.2. The molecule has 0 aliphatic carbocycles. The second-order valence-electron chi connectivity index (χ2n) is 7.44. The van der Waals surface area contributed by atoms with Gasteiger partial charge in [0.25, 0.3) is 0 Å². The van der Waals surface area contributed by atoms with Crippen LogP contribution in [-0.4, -0.2) is 42.7 Å². The number of nitrogens with one attached hydrogen (secondary N) is 2.